The van der Waals surface area contributed by atoms with E-state index in [-0.39, 0.29) is 22.8 Å². The van der Waals surface area contributed by atoms with Crippen molar-refractivity contribution in [2.75, 3.05) is 43.5 Å². The summed E-state index contributed by atoms with van der Waals surface area (Å²) in [5.41, 5.74) is 1.20. The van der Waals surface area contributed by atoms with Crippen LogP contribution in [0.5, 0.6) is 5.75 Å². The first-order valence-corrected chi connectivity index (χ1v) is 15.3. The van der Waals surface area contributed by atoms with Crippen LogP contribution in [0.15, 0.2) is 88.7 Å². The molecule has 7 nitrogen and oxygen atoms in total. The third-order valence-electron chi connectivity index (χ3n) is 6.83. The number of sulfonamides is 1. The minimum atomic E-state index is -4.06. The Morgan fingerprint density at radius 3 is 2.32 bits per heavy atom. The Kier molecular flexibility index (Phi) is 9.35. The second-order valence-electron chi connectivity index (χ2n) is 9.12. The molecule has 1 saturated heterocycles. The van der Waals surface area contributed by atoms with Gasteiger partial charge in [0, 0.05) is 30.1 Å². The molecular formula is C29H34N2O5S2. The zero-order valence-corrected chi connectivity index (χ0v) is 23.4. The third-order valence-corrected chi connectivity index (χ3v) is 9.35. The lowest BCUT2D eigenvalue weighted by Gasteiger charge is -2.38. The highest BCUT2D eigenvalue weighted by atomic mass is 32.2. The van der Waals surface area contributed by atoms with Crippen LogP contribution in [0.2, 0.25) is 0 Å². The average molecular weight is 555 g/mol. The van der Waals surface area contributed by atoms with Crippen molar-refractivity contribution in [2.45, 2.75) is 35.0 Å². The zero-order chi connectivity index (χ0) is 27.0. The van der Waals surface area contributed by atoms with E-state index in [1.54, 1.807) is 48.5 Å². The smallest absolute Gasteiger partial charge is 0.264 e. The van der Waals surface area contributed by atoms with Crippen molar-refractivity contribution in [3.63, 3.8) is 0 Å². The first kappa shape index (κ1) is 28.0. The number of ether oxygens (including phenoxy) is 2. The molecule has 38 heavy (non-hydrogen) atoms. The lowest BCUT2D eigenvalue weighted by Crippen LogP contribution is -2.48. The second-order valence-corrected chi connectivity index (χ2v) is 11.9. The lowest BCUT2D eigenvalue weighted by atomic mass is 9.74. The molecule has 1 N–H and O–H groups in total. The maximum absolute atomic E-state index is 13.9. The number of nitrogens with zero attached hydrogens (tertiary/aromatic N) is 1. The molecule has 0 radical (unpaired) electrons. The molecule has 1 aliphatic heterocycles. The number of hydrogen-bond donors (Lipinski definition) is 1. The Labute approximate surface area is 229 Å². The molecule has 0 bridgehead atoms. The van der Waals surface area contributed by atoms with E-state index in [2.05, 4.69) is 17.4 Å². The number of anilines is 1. The first-order valence-electron chi connectivity index (χ1n) is 12.7. The monoisotopic (exact) mass is 554 g/mol. The first-order chi connectivity index (χ1) is 18.4. The lowest BCUT2D eigenvalue weighted by molar-refractivity contribution is -0.120. The number of amides is 1. The van der Waals surface area contributed by atoms with Gasteiger partial charge in [0.25, 0.3) is 10.0 Å². The minimum absolute atomic E-state index is 0.111. The Bertz CT molecular complexity index is 1310. The normalized spacial score (nSPS) is 15.0. The number of benzene rings is 3. The fraction of sp³-hybridized carbons (Fsp3) is 0.345. The quantitative estimate of drug-likeness (QED) is 0.341. The standard InChI is InChI=1S/C29H34N2O5S2/c1-3-36-27-12-8-7-11-26(27)31(38(33,34)25-15-13-24(37-2)14-16-25)21-28(32)30-22-29(17-19-35-20-18-29)23-9-5-4-6-10-23/h4-16H,3,17-22H2,1-2H3,(H,30,32). The summed E-state index contributed by atoms with van der Waals surface area (Å²) in [4.78, 5) is 14.5. The van der Waals surface area contributed by atoms with Gasteiger partial charge in [-0.05, 0) is 68.0 Å². The van der Waals surface area contributed by atoms with Gasteiger partial charge in [0.05, 0.1) is 17.2 Å². The van der Waals surface area contributed by atoms with Gasteiger partial charge in [-0.1, -0.05) is 42.5 Å². The van der Waals surface area contributed by atoms with E-state index >= 15 is 0 Å². The molecule has 1 fully saturated rings. The number of carbonyl (C=O) groups is 1. The number of nitrogens with one attached hydrogen (secondary N) is 1. The van der Waals surface area contributed by atoms with Crippen LogP contribution in [0.25, 0.3) is 0 Å². The van der Waals surface area contributed by atoms with Crippen LogP contribution in [0.1, 0.15) is 25.3 Å². The van der Waals surface area contributed by atoms with Crippen molar-refractivity contribution < 1.29 is 22.7 Å². The van der Waals surface area contributed by atoms with Gasteiger partial charge in [-0.3, -0.25) is 9.10 Å². The minimum Gasteiger partial charge on any atom is -0.492 e. The summed E-state index contributed by atoms with van der Waals surface area (Å²) in [6.45, 7) is 3.43. The molecular weight excluding hydrogens is 520 g/mol. The third kappa shape index (κ3) is 6.34. The summed E-state index contributed by atoms with van der Waals surface area (Å²) in [7, 11) is -4.06. The van der Waals surface area contributed by atoms with E-state index < -0.39 is 10.0 Å². The Hall–Kier alpha value is -3.01. The Balaban J connectivity index is 1.62. The number of carbonyl (C=O) groups excluding carboxylic acids is 1. The van der Waals surface area contributed by atoms with Crippen molar-refractivity contribution in [3.8, 4) is 5.75 Å². The molecule has 9 heteroatoms. The van der Waals surface area contributed by atoms with Crippen LogP contribution < -0.4 is 14.4 Å². The van der Waals surface area contributed by atoms with Gasteiger partial charge >= 0.3 is 0 Å². The van der Waals surface area contributed by atoms with Crippen LogP contribution in [0.4, 0.5) is 5.69 Å². The number of thioether (sulfide) groups is 1. The average Bonchev–Trinajstić information content (AvgIpc) is 2.96. The highest BCUT2D eigenvalue weighted by Gasteiger charge is 2.36. The van der Waals surface area contributed by atoms with Crippen molar-refractivity contribution in [3.05, 3.63) is 84.4 Å². The van der Waals surface area contributed by atoms with Gasteiger partial charge in [-0.25, -0.2) is 8.42 Å². The molecule has 0 atom stereocenters. The van der Waals surface area contributed by atoms with Gasteiger partial charge in [-0.2, -0.15) is 0 Å². The van der Waals surface area contributed by atoms with Crippen LogP contribution in [0, 0.1) is 0 Å². The summed E-state index contributed by atoms with van der Waals surface area (Å²) in [5.74, 6) is 0.0136. The number of rotatable bonds is 11. The maximum Gasteiger partial charge on any atom is 0.264 e. The molecule has 0 aromatic heterocycles. The Morgan fingerprint density at radius 2 is 1.66 bits per heavy atom. The van der Waals surface area contributed by atoms with Crippen LogP contribution in [-0.4, -0.2) is 53.5 Å². The summed E-state index contributed by atoms with van der Waals surface area (Å²) in [6.07, 6.45) is 3.47. The van der Waals surface area contributed by atoms with E-state index in [1.807, 2.05) is 31.4 Å². The summed E-state index contributed by atoms with van der Waals surface area (Å²) in [5, 5.41) is 3.04. The van der Waals surface area contributed by atoms with Crippen molar-refractivity contribution >= 4 is 33.4 Å². The molecule has 0 spiro atoms. The molecule has 3 aromatic rings. The summed E-state index contributed by atoms with van der Waals surface area (Å²) >= 11 is 1.53. The largest absolute Gasteiger partial charge is 0.492 e. The summed E-state index contributed by atoms with van der Waals surface area (Å²) in [6, 6.07) is 23.7. The fourth-order valence-corrected chi connectivity index (χ4v) is 6.53. The van der Waals surface area contributed by atoms with Gasteiger partial charge < -0.3 is 14.8 Å². The predicted molar refractivity (Wildman–Crippen MR) is 152 cm³/mol. The SMILES string of the molecule is CCOc1ccccc1N(CC(=O)NCC1(c2ccccc2)CCOCC1)S(=O)(=O)c1ccc(SC)cc1. The topological polar surface area (TPSA) is 84.9 Å². The van der Waals surface area contributed by atoms with Gasteiger partial charge in [0.1, 0.15) is 12.3 Å². The molecule has 4 rings (SSSR count). The van der Waals surface area contributed by atoms with Gasteiger partial charge in [0.2, 0.25) is 5.91 Å². The van der Waals surface area contributed by atoms with Crippen molar-refractivity contribution in [1.29, 1.82) is 0 Å². The van der Waals surface area contributed by atoms with E-state index in [9.17, 15) is 13.2 Å². The highest BCUT2D eigenvalue weighted by Crippen LogP contribution is 2.35. The molecule has 1 amide bonds. The molecule has 1 heterocycles. The molecule has 0 saturated carbocycles. The summed E-state index contributed by atoms with van der Waals surface area (Å²) < 4.78 is 40.3. The molecule has 3 aromatic carbocycles. The molecule has 1 aliphatic rings. The van der Waals surface area contributed by atoms with Gasteiger partial charge in [0.15, 0.2) is 0 Å². The van der Waals surface area contributed by atoms with E-state index in [1.165, 1.54) is 11.8 Å². The van der Waals surface area contributed by atoms with Crippen LogP contribution in [-0.2, 0) is 25.0 Å². The Morgan fingerprint density at radius 1 is 1.00 bits per heavy atom. The van der Waals surface area contributed by atoms with Crippen LogP contribution in [0.3, 0.4) is 0 Å². The molecule has 0 unspecified atom stereocenters. The highest BCUT2D eigenvalue weighted by molar-refractivity contribution is 7.98. The van der Waals surface area contributed by atoms with E-state index in [4.69, 9.17) is 9.47 Å². The number of para-hydroxylation sites is 2. The predicted octanol–water partition coefficient (Wildman–Crippen LogP) is 4.87. The molecule has 0 aliphatic carbocycles. The van der Waals surface area contributed by atoms with Crippen LogP contribution >= 0.6 is 11.8 Å². The molecule has 202 valence electrons. The fourth-order valence-electron chi connectivity index (χ4n) is 4.69. The van der Waals surface area contributed by atoms with Crippen molar-refractivity contribution in [1.82, 2.24) is 5.32 Å². The van der Waals surface area contributed by atoms with E-state index in [0.29, 0.717) is 37.8 Å². The zero-order valence-electron chi connectivity index (χ0n) is 21.8. The second kappa shape index (κ2) is 12.7. The maximum atomic E-state index is 13.9. The number of hydrogen-bond acceptors (Lipinski definition) is 6. The van der Waals surface area contributed by atoms with Gasteiger partial charge in [-0.15, -0.1) is 11.8 Å². The van der Waals surface area contributed by atoms with Crippen molar-refractivity contribution in [2.24, 2.45) is 0 Å². The van der Waals surface area contributed by atoms with E-state index in [0.717, 1.165) is 27.6 Å².